The van der Waals surface area contributed by atoms with Crippen LogP contribution in [-0.4, -0.2) is 91.0 Å². The molecule has 0 unspecified atom stereocenters. The first-order valence-electron chi connectivity index (χ1n) is 34.0. The highest BCUT2D eigenvalue weighted by molar-refractivity contribution is 9.11. The number of nitrogens with two attached hydrogens (primary N) is 1. The number of pyridine rings is 6. The Labute approximate surface area is 645 Å². The van der Waals surface area contributed by atoms with E-state index in [-0.39, 0.29) is 55.7 Å². The van der Waals surface area contributed by atoms with E-state index in [0.717, 1.165) is 97.2 Å². The summed E-state index contributed by atoms with van der Waals surface area (Å²) in [5, 5.41) is 0. The first-order valence-corrected chi connectivity index (χ1v) is 42.0. The van der Waals surface area contributed by atoms with Crippen LogP contribution in [0, 0.1) is 32.6 Å². The van der Waals surface area contributed by atoms with Crippen molar-refractivity contribution in [1.29, 1.82) is 0 Å². The maximum atomic E-state index is 12.6. The number of hydrogen-bond donors (Lipinski definition) is 1. The number of sulfone groups is 2. The van der Waals surface area contributed by atoms with E-state index in [1.54, 1.807) is 49.5 Å². The van der Waals surface area contributed by atoms with E-state index in [2.05, 4.69) is 204 Å². The molecule has 1 aliphatic heterocycles. The van der Waals surface area contributed by atoms with Gasteiger partial charge in [0.2, 0.25) is 0 Å². The molecule has 23 heteroatoms. The molecule has 3 aromatic carbocycles. The fourth-order valence-electron chi connectivity index (χ4n) is 9.90. The van der Waals surface area contributed by atoms with Crippen LogP contribution in [0.4, 0.5) is 0 Å². The van der Waals surface area contributed by atoms with Gasteiger partial charge >= 0.3 is 7.12 Å². The third kappa shape index (κ3) is 26.8. The lowest BCUT2D eigenvalue weighted by atomic mass is 9.79. The molecule has 9 aromatic rings. The zero-order chi connectivity index (χ0) is 77.6. The molecular formula is C80H102BBr3ClN7O8S3. The van der Waals surface area contributed by atoms with Crippen LogP contribution in [0.3, 0.4) is 0 Å². The molecule has 2 N–H and O–H groups in total. The summed E-state index contributed by atoms with van der Waals surface area (Å²) in [6.45, 7) is 44.8. The predicted octanol–water partition coefficient (Wildman–Crippen LogP) is 20.0. The average molecular weight is 1670 g/mol. The quantitative estimate of drug-likeness (QED) is 0.0887. The summed E-state index contributed by atoms with van der Waals surface area (Å²) < 4.78 is 85.7. The molecule has 0 spiro atoms. The SMILES string of the molecule is CC(C)(C)c1cc(-c2cncc(B3OC(C)(C)C(C)(C)O3)c2)ccn1.CC(C)(C)c1cc(-c2cncc(Br)c2)ccn1.CC(C)N.Cc1cc(S(=O)(=O)CC(C)C)ccc1-c1cncc(-c2ccnc(C(C)(C)C)c2)c1.Cc1cc(S(=O)(=O)CC(C)C)ccc1Br.Cc1cc(S(=O)(=O)Cl)ccc1Br. The van der Waals surface area contributed by atoms with Gasteiger partial charge in [0.05, 0.1) is 37.4 Å². The summed E-state index contributed by atoms with van der Waals surface area (Å²) in [7, 11) is -5.25. The molecular weight excluding hydrogens is 1570 g/mol. The summed E-state index contributed by atoms with van der Waals surface area (Å²) in [6.07, 6.45) is 16.6. The van der Waals surface area contributed by atoms with Crippen molar-refractivity contribution in [2.75, 3.05) is 11.5 Å². The normalized spacial score (nSPS) is 13.6. The molecule has 554 valence electrons. The monoisotopic (exact) mass is 1670 g/mol. The summed E-state index contributed by atoms with van der Waals surface area (Å²) in [6, 6.07) is 34.1. The standard InChI is InChI=1S/C25H30N2O2S.C20H27BN2O2.C14H15BrN2.C11H15BrO2S.C7H6BrClO2S.C3H9N/c1-17(2)16-30(28,29)22-7-8-23(18(3)11-22)21-12-20(14-26-15-21)19-9-10-27-24(13-19)25(4,5)6;1-18(2,3)17-11-14(8-9-23-17)15-10-16(13-22-12-15)21-24-19(4,5)20(6,7)25-21;1-14(2,3)13-7-10(4-5-17-13)11-6-12(15)9-16-8-11;1-8(2)7-15(13,14)10-4-5-11(12)9(3)6-10;1-5-4-6(12(9,10)11)2-3-7(5)8;1-3(2)4/h7-15,17H,16H2,1-6H3;8-13H,1-7H3;4-9H,1-3H3;4-6,8H,7H2,1-3H3;2-4H,1H3;3H,4H2,1-2H3. The second-order valence-electron chi connectivity index (χ2n) is 30.8. The summed E-state index contributed by atoms with van der Waals surface area (Å²) in [4.78, 5) is 27.4. The van der Waals surface area contributed by atoms with Gasteiger partial charge in [-0.3, -0.25) is 29.9 Å². The van der Waals surface area contributed by atoms with Crippen LogP contribution in [0.2, 0.25) is 0 Å². The summed E-state index contributed by atoms with van der Waals surface area (Å²) in [5.74, 6) is 0.600. The Morgan fingerprint density at radius 2 is 0.786 bits per heavy atom. The van der Waals surface area contributed by atoms with Crippen molar-refractivity contribution in [1.82, 2.24) is 29.9 Å². The number of benzene rings is 3. The lowest BCUT2D eigenvalue weighted by Gasteiger charge is -2.32. The fourth-order valence-corrected chi connectivity index (χ4v) is 15.0. The molecule has 10 rings (SSSR count). The molecule has 1 fully saturated rings. The second-order valence-corrected chi connectivity index (χ2v) is 40.1. The van der Waals surface area contributed by atoms with E-state index in [4.69, 9.17) is 25.7 Å². The molecule has 0 atom stereocenters. The predicted molar refractivity (Wildman–Crippen MR) is 436 cm³/mol. The molecule has 6 aromatic heterocycles. The van der Waals surface area contributed by atoms with Crippen molar-refractivity contribution >= 4 is 99.8 Å². The van der Waals surface area contributed by atoms with E-state index in [1.165, 1.54) is 12.1 Å². The number of aryl methyl sites for hydroxylation is 3. The maximum Gasteiger partial charge on any atom is 0.496 e. The fraction of sp³-hybridized carbons (Fsp3) is 0.400. The Hall–Kier alpha value is -5.92. The van der Waals surface area contributed by atoms with E-state index >= 15 is 0 Å². The van der Waals surface area contributed by atoms with Gasteiger partial charge in [-0.25, -0.2) is 25.3 Å². The van der Waals surface area contributed by atoms with E-state index < -0.39 is 35.8 Å². The Morgan fingerprint density at radius 3 is 1.16 bits per heavy atom. The van der Waals surface area contributed by atoms with Crippen LogP contribution in [0.5, 0.6) is 0 Å². The lowest BCUT2D eigenvalue weighted by molar-refractivity contribution is 0.00578. The molecule has 0 aliphatic carbocycles. The van der Waals surface area contributed by atoms with Crippen molar-refractivity contribution in [3.05, 3.63) is 212 Å². The number of aromatic nitrogens is 6. The largest absolute Gasteiger partial charge is 0.496 e. The Kier molecular flexibility index (Phi) is 31.2. The van der Waals surface area contributed by atoms with Crippen LogP contribution < -0.4 is 11.2 Å². The molecule has 0 amide bonds. The van der Waals surface area contributed by atoms with Crippen LogP contribution in [-0.2, 0) is 54.3 Å². The molecule has 103 heavy (non-hydrogen) atoms. The number of halogens is 4. The third-order valence-corrected chi connectivity index (χ3v) is 23.9. The average Bonchev–Trinajstić information content (AvgIpc) is 1.64. The van der Waals surface area contributed by atoms with Crippen molar-refractivity contribution in [2.24, 2.45) is 17.6 Å². The molecule has 1 saturated heterocycles. The van der Waals surface area contributed by atoms with Crippen molar-refractivity contribution < 1.29 is 34.6 Å². The Bertz CT molecular complexity index is 4700. The first-order chi connectivity index (χ1) is 47.4. The van der Waals surface area contributed by atoms with E-state index in [9.17, 15) is 25.3 Å². The summed E-state index contributed by atoms with van der Waals surface area (Å²) in [5.41, 5.74) is 19.7. The van der Waals surface area contributed by atoms with Crippen LogP contribution in [0.25, 0.3) is 44.5 Å². The zero-order valence-electron chi connectivity index (χ0n) is 63.6. The van der Waals surface area contributed by atoms with Crippen LogP contribution in [0.15, 0.2) is 193 Å². The van der Waals surface area contributed by atoms with Crippen molar-refractivity contribution in [2.45, 2.75) is 200 Å². The first kappa shape index (κ1) is 87.7. The highest BCUT2D eigenvalue weighted by Gasteiger charge is 2.52. The number of hydrogen-bond acceptors (Lipinski definition) is 15. The van der Waals surface area contributed by atoms with Gasteiger partial charge in [0.1, 0.15) is 0 Å². The highest BCUT2D eigenvalue weighted by atomic mass is 79.9. The van der Waals surface area contributed by atoms with Crippen LogP contribution >= 0.6 is 58.5 Å². The molecule has 0 radical (unpaired) electrons. The Morgan fingerprint density at radius 1 is 0.447 bits per heavy atom. The van der Waals surface area contributed by atoms with Gasteiger partial charge in [0.25, 0.3) is 9.05 Å². The van der Waals surface area contributed by atoms with Gasteiger partial charge in [-0.05, 0) is 224 Å². The molecule has 7 heterocycles. The minimum Gasteiger partial charge on any atom is -0.399 e. The van der Waals surface area contributed by atoms with Crippen molar-refractivity contribution in [3.63, 3.8) is 0 Å². The van der Waals surface area contributed by atoms with Gasteiger partial charge in [-0.2, -0.15) is 0 Å². The minimum absolute atomic E-state index is 0.00672. The summed E-state index contributed by atoms with van der Waals surface area (Å²) >= 11 is 10.0. The van der Waals surface area contributed by atoms with E-state index in [0.29, 0.717) is 15.8 Å². The van der Waals surface area contributed by atoms with Gasteiger partial charge in [0, 0.05) is 135 Å². The van der Waals surface area contributed by atoms with Gasteiger partial charge in [0.15, 0.2) is 19.7 Å². The lowest BCUT2D eigenvalue weighted by Crippen LogP contribution is -2.41. The maximum absolute atomic E-state index is 12.6. The Balaban J connectivity index is 0.000000237. The number of rotatable bonds is 12. The molecule has 0 saturated carbocycles. The molecule has 1 aliphatic rings. The van der Waals surface area contributed by atoms with Gasteiger partial charge < -0.3 is 15.0 Å². The second kappa shape index (κ2) is 36.6. The third-order valence-electron chi connectivity index (χ3n) is 16.2. The van der Waals surface area contributed by atoms with Crippen LogP contribution in [0.1, 0.15) is 165 Å². The smallest absolute Gasteiger partial charge is 0.399 e. The van der Waals surface area contributed by atoms with Gasteiger partial charge in [-0.1, -0.05) is 148 Å². The number of nitrogens with zero attached hydrogens (tertiary/aromatic N) is 6. The highest BCUT2D eigenvalue weighted by Crippen LogP contribution is 2.38. The minimum atomic E-state index is -3.59. The molecule has 15 nitrogen and oxygen atoms in total. The topological polar surface area (TPSA) is 224 Å². The van der Waals surface area contributed by atoms with Crippen molar-refractivity contribution in [3.8, 4) is 44.5 Å². The van der Waals surface area contributed by atoms with Gasteiger partial charge in [-0.15, -0.1) is 0 Å². The molecule has 0 bridgehead atoms. The zero-order valence-corrected chi connectivity index (χ0v) is 71.5. The van der Waals surface area contributed by atoms with E-state index in [1.807, 2.05) is 129 Å².